The van der Waals surface area contributed by atoms with Crippen molar-refractivity contribution in [3.05, 3.63) is 68.9 Å². The summed E-state index contributed by atoms with van der Waals surface area (Å²) < 4.78 is 0. The fraction of sp³-hybridized carbons (Fsp3) is 0.111. The topological polar surface area (TPSA) is 123 Å². The number of H-pyrrole nitrogens is 2. The van der Waals surface area contributed by atoms with E-state index in [-0.39, 0.29) is 17.1 Å². The first-order valence-electron chi connectivity index (χ1n) is 7.94. The monoisotopic (exact) mass is 385 g/mol. The van der Waals surface area contributed by atoms with Gasteiger partial charge in [0.05, 0.1) is 16.7 Å². The lowest BCUT2D eigenvalue weighted by molar-refractivity contribution is -0.113. The summed E-state index contributed by atoms with van der Waals surface area (Å²) in [4.78, 5) is 29.0. The van der Waals surface area contributed by atoms with Crippen LogP contribution in [0.4, 0.5) is 11.4 Å². The number of azo groups is 1. The van der Waals surface area contributed by atoms with Gasteiger partial charge < -0.3 is 20.4 Å². The second kappa shape index (κ2) is 7.46. The summed E-state index contributed by atoms with van der Waals surface area (Å²) in [7, 11) is 0. The van der Waals surface area contributed by atoms with Gasteiger partial charge in [-0.2, -0.15) is 5.11 Å². The summed E-state index contributed by atoms with van der Waals surface area (Å²) in [5, 5.41) is 20.8. The number of carbonyl (C=O) groups is 1. The van der Waals surface area contributed by atoms with Crippen LogP contribution in [0.1, 0.15) is 12.5 Å². The lowest BCUT2D eigenvalue weighted by atomic mass is 10.2. The van der Waals surface area contributed by atoms with Gasteiger partial charge in [-0.15, -0.1) is 5.11 Å². The molecule has 2 aromatic carbocycles. The van der Waals surface area contributed by atoms with Crippen LogP contribution in [0.5, 0.6) is 0 Å². The van der Waals surface area contributed by atoms with Crippen LogP contribution in [0, 0.1) is 6.92 Å². The molecule has 0 bridgehead atoms. The average Bonchev–Trinajstić information content (AvgIpc) is 2.97. The van der Waals surface area contributed by atoms with Crippen molar-refractivity contribution in [3.63, 3.8) is 0 Å². The van der Waals surface area contributed by atoms with Gasteiger partial charge in [0, 0.05) is 10.7 Å². The molecule has 1 amide bonds. The van der Waals surface area contributed by atoms with Crippen LogP contribution in [-0.4, -0.2) is 21.0 Å². The summed E-state index contributed by atoms with van der Waals surface area (Å²) in [6.07, 6.45) is 0. The van der Waals surface area contributed by atoms with Gasteiger partial charge >= 0.3 is 5.69 Å². The largest absolute Gasteiger partial charge is 0.510 e. The van der Waals surface area contributed by atoms with Gasteiger partial charge in [0.25, 0.3) is 5.91 Å². The Labute approximate surface area is 158 Å². The van der Waals surface area contributed by atoms with Crippen LogP contribution in [0.25, 0.3) is 11.0 Å². The van der Waals surface area contributed by atoms with Gasteiger partial charge in [-0.25, -0.2) is 4.79 Å². The lowest BCUT2D eigenvalue weighted by Gasteiger charge is -2.09. The molecule has 0 aliphatic carbocycles. The average molecular weight is 386 g/mol. The molecule has 1 aromatic heterocycles. The molecule has 0 atom stereocenters. The number of allylic oxidation sites excluding steroid dienone is 1. The number of aromatic amines is 2. The number of hydrogen-bond donors (Lipinski definition) is 4. The Bertz CT molecular complexity index is 1140. The summed E-state index contributed by atoms with van der Waals surface area (Å²) in [6, 6.07) is 9.96. The SMILES string of the molecule is C/C(O)=C(/N=Nc1ccc2[nH]c(=O)[nH]c2c1)C(=O)Nc1cc(Cl)ccc1C. The summed E-state index contributed by atoms with van der Waals surface area (Å²) in [6.45, 7) is 3.15. The zero-order chi connectivity index (χ0) is 19.6. The van der Waals surface area contributed by atoms with E-state index >= 15 is 0 Å². The van der Waals surface area contributed by atoms with E-state index in [0.717, 1.165) is 5.56 Å². The van der Waals surface area contributed by atoms with Crippen LogP contribution < -0.4 is 11.0 Å². The highest BCUT2D eigenvalue weighted by molar-refractivity contribution is 6.31. The number of benzene rings is 2. The van der Waals surface area contributed by atoms with Gasteiger partial charge in [0.15, 0.2) is 5.70 Å². The van der Waals surface area contributed by atoms with E-state index in [1.54, 1.807) is 36.4 Å². The molecule has 0 aliphatic heterocycles. The second-order valence-corrected chi connectivity index (χ2v) is 6.29. The first-order valence-corrected chi connectivity index (χ1v) is 8.32. The number of amides is 1. The number of aryl methyl sites for hydroxylation is 1. The molecule has 27 heavy (non-hydrogen) atoms. The number of nitrogens with zero attached hydrogens (tertiary/aromatic N) is 2. The number of anilines is 1. The van der Waals surface area contributed by atoms with Gasteiger partial charge in [-0.1, -0.05) is 17.7 Å². The minimum Gasteiger partial charge on any atom is -0.510 e. The van der Waals surface area contributed by atoms with E-state index in [1.807, 2.05) is 6.92 Å². The quantitative estimate of drug-likeness (QED) is 0.303. The standard InChI is InChI=1S/C18H16ClN5O3/c1-9-3-4-11(19)7-14(9)20-17(26)16(10(2)25)24-23-12-5-6-13-15(8-12)22-18(27)21-13/h3-8,25H,1-2H3,(H,20,26)(H2,21,22,27)/b16-10-,24-23?. The zero-order valence-corrected chi connectivity index (χ0v) is 15.3. The first kappa shape index (κ1) is 18.4. The summed E-state index contributed by atoms with van der Waals surface area (Å²) >= 11 is 5.95. The number of aliphatic hydroxyl groups excluding tert-OH is 1. The lowest BCUT2D eigenvalue weighted by Crippen LogP contribution is -2.15. The van der Waals surface area contributed by atoms with E-state index in [2.05, 4.69) is 25.5 Å². The number of hydrogen-bond acceptors (Lipinski definition) is 5. The number of aliphatic hydroxyl groups is 1. The van der Waals surface area contributed by atoms with Gasteiger partial charge in [-0.3, -0.25) is 4.79 Å². The maximum absolute atomic E-state index is 12.5. The van der Waals surface area contributed by atoms with Crippen molar-refractivity contribution in [2.75, 3.05) is 5.32 Å². The Morgan fingerprint density at radius 1 is 1.15 bits per heavy atom. The van der Waals surface area contributed by atoms with Crippen LogP contribution in [-0.2, 0) is 4.79 Å². The number of halogens is 1. The molecule has 9 heteroatoms. The van der Waals surface area contributed by atoms with E-state index in [0.29, 0.717) is 27.4 Å². The zero-order valence-electron chi connectivity index (χ0n) is 14.5. The minimum atomic E-state index is -0.625. The molecule has 8 nitrogen and oxygen atoms in total. The van der Waals surface area contributed by atoms with Crippen LogP contribution in [0.2, 0.25) is 5.02 Å². The smallest absolute Gasteiger partial charge is 0.323 e. The number of carbonyl (C=O) groups excluding carboxylic acids is 1. The molecule has 0 aliphatic rings. The Balaban J connectivity index is 1.85. The maximum atomic E-state index is 12.5. The Kier molecular flexibility index (Phi) is 5.09. The predicted octanol–water partition coefficient (Wildman–Crippen LogP) is 4.33. The van der Waals surface area contributed by atoms with Gasteiger partial charge in [0.2, 0.25) is 0 Å². The number of rotatable bonds is 4. The molecule has 0 spiro atoms. The third-order valence-electron chi connectivity index (χ3n) is 3.77. The molecular formula is C18H16ClN5O3. The molecule has 0 saturated carbocycles. The molecule has 138 valence electrons. The van der Waals surface area contributed by atoms with Crippen molar-refractivity contribution in [1.29, 1.82) is 0 Å². The highest BCUT2D eigenvalue weighted by Gasteiger charge is 2.14. The minimum absolute atomic E-state index is 0.239. The third kappa shape index (κ3) is 4.24. The third-order valence-corrected chi connectivity index (χ3v) is 4.01. The Morgan fingerprint density at radius 3 is 2.63 bits per heavy atom. The Hall–Kier alpha value is -3.39. The van der Waals surface area contributed by atoms with Gasteiger partial charge in [-0.05, 0) is 49.7 Å². The number of fused-ring (bicyclic) bond motifs is 1. The number of nitrogens with one attached hydrogen (secondary N) is 3. The predicted molar refractivity (Wildman–Crippen MR) is 104 cm³/mol. The van der Waals surface area contributed by atoms with Crippen molar-refractivity contribution in [1.82, 2.24) is 9.97 Å². The van der Waals surface area contributed by atoms with E-state index in [1.165, 1.54) is 6.92 Å². The molecule has 3 aromatic rings. The van der Waals surface area contributed by atoms with E-state index in [9.17, 15) is 14.7 Å². The normalized spacial score (nSPS) is 12.4. The fourth-order valence-electron chi connectivity index (χ4n) is 2.38. The van der Waals surface area contributed by atoms with Crippen molar-refractivity contribution in [2.24, 2.45) is 10.2 Å². The summed E-state index contributed by atoms with van der Waals surface area (Å²) in [5.74, 6) is -0.910. The molecule has 1 heterocycles. The first-order chi connectivity index (χ1) is 12.8. The highest BCUT2D eigenvalue weighted by Crippen LogP contribution is 2.23. The van der Waals surface area contributed by atoms with E-state index in [4.69, 9.17) is 11.6 Å². The molecule has 0 radical (unpaired) electrons. The van der Waals surface area contributed by atoms with Gasteiger partial charge in [0.1, 0.15) is 5.76 Å². The number of aromatic nitrogens is 2. The van der Waals surface area contributed by atoms with Crippen LogP contribution >= 0.6 is 11.6 Å². The van der Waals surface area contributed by atoms with Crippen molar-refractivity contribution in [3.8, 4) is 0 Å². The van der Waals surface area contributed by atoms with Crippen LogP contribution in [0.15, 0.2) is 62.9 Å². The fourth-order valence-corrected chi connectivity index (χ4v) is 2.56. The summed E-state index contributed by atoms with van der Waals surface area (Å²) in [5.41, 5.74) is 2.33. The highest BCUT2D eigenvalue weighted by atomic mass is 35.5. The molecule has 0 fully saturated rings. The number of imidazole rings is 1. The maximum Gasteiger partial charge on any atom is 0.323 e. The molecule has 3 rings (SSSR count). The van der Waals surface area contributed by atoms with Crippen LogP contribution in [0.3, 0.4) is 0 Å². The molecule has 0 unspecified atom stereocenters. The van der Waals surface area contributed by atoms with Crippen molar-refractivity contribution >= 4 is 39.9 Å². The molecular weight excluding hydrogens is 370 g/mol. The Morgan fingerprint density at radius 2 is 1.89 bits per heavy atom. The van der Waals surface area contributed by atoms with E-state index < -0.39 is 5.91 Å². The van der Waals surface area contributed by atoms with Crippen molar-refractivity contribution in [2.45, 2.75) is 13.8 Å². The van der Waals surface area contributed by atoms with Crippen molar-refractivity contribution < 1.29 is 9.90 Å². The molecule has 4 N–H and O–H groups in total. The second-order valence-electron chi connectivity index (χ2n) is 5.86. The molecule has 0 saturated heterocycles.